The van der Waals surface area contributed by atoms with E-state index in [1.165, 1.54) is 5.56 Å². The van der Waals surface area contributed by atoms with Crippen LogP contribution in [0.5, 0.6) is 11.5 Å². The second kappa shape index (κ2) is 8.12. The summed E-state index contributed by atoms with van der Waals surface area (Å²) in [6.07, 6.45) is 3.30. The van der Waals surface area contributed by atoms with Crippen molar-refractivity contribution in [2.24, 2.45) is 0 Å². The molecule has 0 aliphatic carbocycles. The quantitative estimate of drug-likeness (QED) is 0.820. The Morgan fingerprint density at radius 1 is 1.19 bits per heavy atom. The first kappa shape index (κ1) is 17.4. The first-order valence-corrected chi connectivity index (χ1v) is 9.21. The van der Waals surface area contributed by atoms with Gasteiger partial charge in [0.1, 0.15) is 25.6 Å². The van der Waals surface area contributed by atoms with Crippen LogP contribution in [0.25, 0.3) is 0 Å². The highest BCUT2D eigenvalue weighted by atomic mass is 16.6. The van der Waals surface area contributed by atoms with Crippen molar-refractivity contribution in [3.63, 3.8) is 0 Å². The van der Waals surface area contributed by atoms with Crippen LogP contribution in [0.2, 0.25) is 0 Å². The molecule has 2 aliphatic rings. The van der Waals surface area contributed by atoms with E-state index in [0.717, 1.165) is 36.6 Å². The lowest BCUT2D eigenvalue weighted by Gasteiger charge is -2.28. The molecule has 1 fully saturated rings. The molecular weight excluding hydrogens is 334 g/mol. The molecule has 0 saturated carbocycles. The summed E-state index contributed by atoms with van der Waals surface area (Å²) in [4.78, 5) is 2.33. The Morgan fingerprint density at radius 2 is 2.08 bits per heavy atom. The highest BCUT2D eigenvalue weighted by Crippen LogP contribution is 2.38. The summed E-state index contributed by atoms with van der Waals surface area (Å²) in [7, 11) is 0. The number of rotatable bonds is 7. The highest BCUT2D eigenvalue weighted by Gasteiger charge is 2.28. The van der Waals surface area contributed by atoms with E-state index in [9.17, 15) is 5.11 Å². The predicted octanol–water partition coefficient (Wildman–Crippen LogP) is 2.77. The molecule has 0 spiro atoms. The molecule has 140 valence electrons. The van der Waals surface area contributed by atoms with Crippen molar-refractivity contribution in [2.45, 2.75) is 31.6 Å². The standard InChI is InChI=1S/C20H25NO5/c22-16(13-23-14-17-3-2-8-24-17)12-21-7-1-4-18(21)15-5-6-19-20(11-15)26-10-9-25-19/h2-3,5-6,8,11,16,18,22H,1,4,7,9-10,12-14H2/t16-,18-/m1/s1. The first-order chi connectivity index (χ1) is 12.8. The average molecular weight is 359 g/mol. The van der Waals surface area contributed by atoms with E-state index in [4.69, 9.17) is 18.6 Å². The molecule has 1 saturated heterocycles. The molecule has 0 radical (unpaired) electrons. The van der Waals surface area contributed by atoms with Gasteiger partial charge >= 0.3 is 0 Å². The summed E-state index contributed by atoms with van der Waals surface area (Å²) in [5.74, 6) is 2.41. The summed E-state index contributed by atoms with van der Waals surface area (Å²) >= 11 is 0. The minimum atomic E-state index is -0.525. The molecular formula is C20H25NO5. The molecule has 2 aliphatic heterocycles. The second-order valence-electron chi connectivity index (χ2n) is 6.80. The number of nitrogens with zero attached hydrogens (tertiary/aromatic N) is 1. The van der Waals surface area contributed by atoms with Crippen LogP contribution >= 0.6 is 0 Å². The number of aliphatic hydroxyl groups excluding tert-OH is 1. The van der Waals surface area contributed by atoms with Crippen LogP contribution in [-0.4, -0.2) is 49.0 Å². The van der Waals surface area contributed by atoms with Gasteiger partial charge in [-0.15, -0.1) is 0 Å². The van der Waals surface area contributed by atoms with Gasteiger partial charge in [0, 0.05) is 12.6 Å². The lowest BCUT2D eigenvalue weighted by Crippen LogP contribution is -2.34. The van der Waals surface area contributed by atoms with Gasteiger partial charge < -0.3 is 23.7 Å². The topological polar surface area (TPSA) is 64.3 Å². The van der Waals surface area contributed by atoms with Gasteiger partial charge in [0.25, 0.3) is 0 Å². The Balaban J connectivity index is 1.32. The minimum Gasteiger partial charge on any atom is -0.486 e. The van der Waals surface area contributed by atoms with Crippen LogP contribution in [0.3, 0.4) is 0 Å². The zero-order valence-electron chi connectivity index (χ0n) is 14.8. The van der Waals surface area contributed by atoms with Gasteiger partial charge in [0.2, 0.25) is 0 Å². The fourth-order valence-electron chi connectivity index (χ4n) is 3.70. The van der Waals surface area contributed by atoms with E-state index >= 15 is 0 Å². The Bertz CT molecular complexity index is 702. The third-order valence-electron chi connectivity index (χ3n) is 4.89. The largest absolute Gasteiger partial charge is 0.486 e. The van der Waals surface area contributed by atoms with Crippen LogP contribution in [0.1, 0.15) is 30.2 Å². The van der Waals surface area contributed by atoms with Crippen molar-refractivity contribution >= 4 is 0 Å². The van der Waals surface area contributed by atoms with Crippen molar-refractivity contribution in [3.05, 3.63) is 47.9 Å². The maximum absolute atomic E-state index is 10.4. The van der Waals surface area contributed by atoms with Gasteiger partial charge in [-0.05, 0) is 49.2 Å². The van der Waals surface area contributed by atoms with E-state index in [0.29, 0.717) is 39.0 Å². The Hall–Kier alpha value is -2.02. The third-order valence-corrected chi connectivity index (χ3v) is 4.89. The molecule has 6 heteroatoms. The van der Waals surface area contributed by atoms with Crippen LogP contribution < -0.4 is 9.47 Å². The summed E-state index contributed by atoms with van der Waals surface area (Å²) in [6, 6.07) is 10.2. The SMILES string of the molecule is O[C@@H](COCc1ccco1)CN1CCC[C@@H]1c1ccc2c(c1)OCCO2. The zero-order valence-corrected chi connectivity index (χ0v) is 14.8. The average Bonchev–Trinajstić information content (AvgIpc) is 3.33. The van der Waals surface area contributed by atoms with Crippen molar-refractivity contribution in [3.8, 4) is 11.5 Å². The molecule has 6 nitrogen and oxygen atoms in total. The monoisotopic (exact) mass is 359 g/mol. The third kappa shape index (κ3) is 4.03. The van der Waals surface area contributed by atoms with Crippen molar-refractivity contribution in [1.82, 2.24) is 4.90 Å². The molecule has 1 aromatic carbocycles. The van der Waals surface area contributed by atoms with E-state index in [-0.39, 0.29) is 0 Å². The molecule has 0 bridgehead atoms. The number of likely N-dealkylation sites (tertiary alicyclic amines) is 1. The predicted molar refractivity (Wildman–Crippen MR) is 95.4 cm³/mol. The summed E-state index contributed by atoms with van der Waals surface area (Å²) in [5.41, 5.74) is 1.22. The van der Waals surface area contributed by atoms with Crippen LogP contribution in [0.15, 0.2) is 41.0 Å². The molecule has 0 amide bonds. The zero-order chi connectivity index (χ0) is 17.8. The first-order valence-electron chi connectivity index (χ1n) is 9.21. The molecule has 2 aromatic rings. The van der Waals surface area contributed by atoms with Gasteiger partial charge in [-0.25, -0.2) is 0 Å². The molecule has 1 N–H and O–H groups in total. The summed E-state index contributed by atoms with van der Waals surface area (Å²) in [5, 5.41) is 10.4. The molecule has 3 heterocycles. The molecule has 4 rings (SSSR count). The number of furan rings is 1. The lowest BCUT2D eigenvalue weighted by atomic mass is 10.0. The summed E-state index contributed by atoms with van der Waals surface area (Å²) < 4.78 is 22.1. The number of aliphatic hydroxyl groups is 1. The fourth-order valence-corrected chi connectivity index (χ4v) is 3.70. The Labute approximate surface area is 153 Å². The number of hydrogen-bond donors (Lipinski definition) is 1. The van der Waals surface area contributed by atoms with Crippen LogP contribution in [0.4, 0.5) is 0 Å². The normalized spacial score (nSPS) is 21.0. The number of benzene rings is 1. The van der Waals surface area contributed by atoms with E-state index < -0.39 is 6.10 Å². The maximum atomic E-state index is 10.4. The fraction of sp³-hybridized carbons (Fsp3) is 0.500. The lowest BCUT2D eigenvalue weighted by molar-refractivity contribution is 0.00306. The molecule has 26 heavy (non-hydrogen) atoms. The van der Waals surface area contributed by atoms with Crippen molar-refractivity contribution in [1.29, 1.82) is 0 Å². The molecule has 1 aromatic heterocycles. The number of ether oxygens (including phenoxy) is 3. The van der Waals surface area contributed by atoms with Gasteiger partial charge in [0.15, 0.2) is 11.5 Å². The van der Waals surface area contributed by atoms with E-state index in [2.05, 4.69) is 17.0 Å². The van der Waals surface area contributed by atoms with Crippen molar-refractivity contribution < 1.29 is 23.7 Å². The summed E-state index contributed by atoms with van der Waals surface area (Å²) in [6.45, 7) is 3.45. The molecule has 2 atom stereocenters. The number of hydrogen-bond acceptors (Lipinski definition) is 6. The maximum Gasteiger partial charge on any atom is 0.161 e. The Morgan fingerprint density at radius 3 is 2.92 bits per heavy atom. The molecule has 0 unspecified atom stereocenters. The van der Waals surface area contributed by atoms with E-state index in [1.807, 2.05) is 18.2 Å². The van der Waals surface area contributed by atoms with Crippen LogP contribution in [0, 0.1) is 0 Å². The number of fused-ring (bicyclic) bond motifs is 1. The van der Waals surface area contributed by atoms with Crippen molar-refractivity contribution in [2.75, 3.05) is 32.9 Å². The number of β-amino-alcohol motifs (C(OH)–C–C–N with tert-alkyl or cyclic N) is 1. The van der Waals surface area contributed by atoms with Gasteiger partial charge in [0.05, 0.1) is 19.0 Å². The van der Waals surface area contributed by atoms with Gasteiger partial charge in [-0.1, -0.05) is 6.07 Å². The minimum absolute atomic E-state index is 0.297. The van der Waals surface area contributed by atoms with Crippen LogP contribution in [-0.2, 0) is 11.3 Å². The second-order valence-corrected chi connectivity index (χ2v) is 6.80. The smallest absolute Gasteiger partial charge is 0.161 e. The van der Waals surface area contributed by atoms with Gasteiger partial charge in [-0.3, -0.25) is 4.90 Å². The highest BCUT2D eigenvalue weighted by molar-refractivity contribution is 5.44. The van der Waals surface area contributed by atoms with E-state index in [1.54, 1.807) is 6.26 Å². The van der Waals surface area contributed by atoms with Gasteiger partial charge in [-0.2, -0.15) is 0 Å². The Kier molecular flexibility index (Phi) is 5.43.